The number of esters is 6. The minimum Gasteiger partial charge on any atom is -0.497 e. The third-order valence-corrected chi connectivity index (χ3v) is 17.7. The van der Waals surface area contributed by atoms with Crippen LogP contribution >= 0.6 is 0 Å². The van der Waals surface area contributed by atoms with Crippen LogP contribution in [0.15, 0.2) is 231 Å². The zero-order chi connectivity index (χ0) is 74.1. The molecule has 25 nitrogen and oxygen atoms in total. The summed E-state index contributed by atoms with van der Waals surface area (Å²) in [5.41, 5.74) is 1.20. The number of terminal acetylenes is 1. The molecule has 0 aromatic heterocycles. The lowest BCUT2D eigenvalue weighted by Gasteiger charge is -2.51. The van der Waals surface area contributed by atoms with Crippen molar-refractivity contribution >= 4 is 47.6 Å². The molecule has 3 fully saturated rings. The Morgan fingerprint density at radius 3 is 1.32 bits per heavy atom. The fourth-order valence-electron chi connectivity index (χ4n) is 12.6. The lowest BCUT2D eigenvalue weighted by atomic mass is 9.93. The van der Waals surface area contributed by atoms with Gasteiger partial charge in [0.1, 0.15) is 74.3 Å². The first-order valence-electron chi connectivity index (χ1n) is 33.9. The molecule has 546 valence electrons. The lowest BCUT2D eigenvalue weighted by molar-refractivity contribution is -0.375. The Morgan fingerprint density at radius 2 is 0.840 bits per heavy atom. The van der Waals surface area contributed by atoms with Crippen LogP contribution < -0.4 is 4.74 Å². The molecule has 4 heterocycles. The second-order valence-electron chi connectivity index (χ2n) is 24.7. The molecule has 0 unspecified atom stereocenters. The Hall–Kier alpha value is -11.3. The van der Waals surface area contributed by atoms with E-state index in [0.29, 0.717) is 11.3 Å². The molecule has 3 saturated heterocycles. The normalized spacial score (nSPS) is 24.6. The van der Waals surface area contributed by atoms with Crippen LogP contribution in [0.4, 0.5) is 0 Å². The summed E-state index contributed by atoms with van der Waals surface area (Å²) in [7, 11) is 1.49. The van der Waals surface area contributed by atoms with Crippen molar-refractivity contribution in [3.63, 3.8) is 0 Å². The number of fused-ring (bicyclic) bond motifs is 1. The van der Waals surface area contributed by atoms with Gasteiger partial charge < -0.3 is 76.2 Å². The Labute approximate surface area is 608 Å². The number of hydrogen-bond acceptors (Lipinski definition) is 24. The lowest BCUT2D eigenvalue weighted by Crippen LogP contribution is -2.70. The number of methoxy groups -OCH3 is 1. The van der Waals surface area contributed by atoms with Crippen LogP contribution in [0.3, 0.4) is 0 Å². The van der Waals surface area contributed by atoms with Gasteiger partial charge in [-0.1, -0.05) is 152 Å². The Balaban J connectivity index is 1.04. The molecule has 8 aromatic carbocycles. The standard InChI is InChI=1S/C81H73NO24/c1-4-43-94-80-70(103-77(90)55-33-19-9-20-34-55)68(102-76(89)54-31-17-8-18-32-54)66(62(100-80)48-97-75(88)53-29-15-7-16-30-53)105-81-71(104-78(91)56-35-21-10-22-36-56)69(65(98-49(2)83)61(101-81)47-96-74(87)52-27-13-6-14-28-52)106-79-63(82-72(85)58-37-23-24-38-59(58)73(82)86)67(95-45-51-39-41-57(92-3)42-40-51)64(84)60(99-79)46-93-44-50-25-11-5-12-26-50/h1,5-42,60-71,79-81,84H,43-48H2,2-3H3/t60-,61-,62-,63-,64-,65+,66-,67-,68+,69+,70-,71-,79+,80-,81+/m1/s1. The van der Waals surface area contributed by atoms with E-state index in [9.17, 15) is 29.1 Å². The monoisotopic (exact) mass is 1440 g/mol. The third kappa shape index (κ3) is 17.9. The summed E-state index contributed by atoms with van der Waals surface area (Å²) in [6.45, 7) is -1.85. The first-order valence-corrected chi connectivity index (χ1v) is 33.9. The summed E-state index contributed by atoms with van der Waals surface area (Å²) in [6.07, 6.45) is -20.9. The topological polar surface area (TPSA) is 298 Å². The molecule has 12 rings (SSSR count). The number of aliphatic hydroxyl groups excluding tert-OH is 1. The van der Waals surface area contributed by atoms with Crippen LogP contribution in [-0.2, 0) is 84.3 Å². The molecule has 25 heteroatoms. The second-order valence-corrected chi connectivity index (χ2v) is 24.7. The molecule has 15 atom stereocenters. The number of benzene rings is 8. The maximum absolute atomic E-state index is 15.3. The number of ether oxygens (including phenoxy) is 15. The number of aliphatic hydroxyl groups is 1. The maximum Gasteiger partial charge on any atom is 0.338 e. The third-order valence-electron chi connectivity index (χ3n) is 17.7. The molecule has 4 aliphatic rings. The molecule has 2 amide bonds. The van der Waals surface area contributed by atoms with Crippen LogP contribution in [0.2, 0.25) is 0 Å². The van der Waals surface area contributed by atoms with Crippen molar-refractivity contribution in [2.24, 2.45) is 0 Å². The SMILES string of the molecule is C#CCO[C@@H]1O[C@H](COC(=O)c2ccccc2)[C@@H](O[C@@H]2O[C@H](COC(=O)c3ccccc3)[C@H](OC(C)=O)[C@H](O[C@@H]3O[C@H](COCc4ccccc4)[C@@H](O)[C@H](OCc4ccc(OC)cc4)[C@H]3N3C(=O)c4ccccc4C3=O)[C@H]2OC(=O)c2ccccc2)[C@H](OC(=O)c2ccccc2)[C@H]1OC(=O)c1ccccc1. The second kappa shape index (κ2) is 35.5. The highest BCUT2D eigenvalue weighted by Crippen LogP contribution is 2.41. The Morgan fingerprint density at radius 1 is 0.425 bits per heavy atom. The highest BCUT2D eigenvalue weighted by atomic mass is 16.8. The zero-order valence-electron chi connectivity index (χ0n) is 57.2. The molecule has 0 aliphatic carbocycles. The van der Waals surface area contributed by atoms with Crippen LogP contribution in [0.1, 0.15) is 90.6 Å². The largest absolute Gasteiger partial charge is 0.497 e. The van der Waals surface area contributed by atoms with E-state index in [1.807, 2.05) is 18.2 Å². The molecular weight excluding hydrogens is 1370 g/mol. The molecular formula is C81H73NO24. The quantitative estimate of drug-likeness (QED) is 0.0207. The Kier molecular flexibility index (Phi) is 24.9. The number of imide groups is 1. The van der Waals surface area contributed by atoms with Gasteiger partial charge in [-0.15, -0.1) is 6.42 Å². The number of carbonyl (C=O) groups excluding carboxylic acids is 8. The van der Waals surface area contributed by atoms with Crippen molar-refractivity contribution in [3.8, 4) is 18.1 Å². The van der Waals surface area contributed by atoms with Gasteiger partial charge in [0.15, 0.2) is 43.3 Å². The fourth-order valence-corrected chi connectivity index (χ4v) is 12.6. The van der Waals surface area contributed by atoms with E-state index in [4.69, 9.17) is 77.5 Å². The van der Waals surface area contributed by atoms with Gasteiger partial charge in [-0.05, 0) is 96.1 Å². The highest BCUT2D eigenvalue weighted by Gasteiger charge is 2.61. The minimum absolute atomic E-state index is 0.00551. The predicted molar refractivity (Wildman–Crippen MR) is 371 cm³/mol. The van der Waals surface area contributed by atoms with E-state index >= 15 is 14.4 Å². The maximum atomic E-state index is 15.3. The summed E-state index contributed by atoms with van der Waals surface area (Å²) in [5, 5.41) is 12.9. The minimum atomic E-state index is -2.24. The van der Waals surface area contributed by atoms with Crippen molar-refractivity contribution in [3.05, 3.63) is 281 Å². The van der Waals surface area contributed by atoms with Crippen molar-refractivity contribution in [1.82, 2.24) is 4.90 Å². The van der Waals surface area contributed by atoms with E-state index in [1.165, 1.54) is 92.0 Å². The fraction of sp³-hybridized carbons (Fsp3) is 0.284. The van der Waals surface area contributed by atoms with Crippen molar-refractivity contribution in [1.29, 1.82) is 0 Å². The first kappa shape index (κ1) is 74.4. The molecule has 1 N–H and O–H groups in total. The van der Waals surface area contributed by atoms with Gasteiger partial charge in [0.25, 0.3) is 11.8 Å². The van der Waals surface area contributed by atoms with Crippen LogP contribution in [0, 0.1) is 12.3 Å². The highest BCUT2D eigenvalue weighted by molar-refractivity contribution is 6.21. The van der Waals surface area contributed by atoms with Crippen molar-refractivity contribution in [2.45, 2.75) is 112 Å². The van der Waals surface area contributed by atoms with Gasteiger partial charge in [-0.25, -0.2) is 24.0 Å². The summed E-state index contributed by atoms with van der Waals surface area (Å²) < 4.78 is 97.2. The van der Waals surface area contributed by atoms with Crippen LogP contribution in [-0.4, -0.2) is 183 Å². The average molecular weight is 1440 g/mol. The van der Waals surface area contributed by atoms with Crippen molar-refractivity contribution < 1.29 is 115 Å². The zero-order valence-corrected chi connectivity index (χ0v) is 57.2. The van der Waals surface area contributed by atoms with Gasteiger partial charge in [0.2, 0.25) is 0 Å². The smallest absolute Gasteiger partial charge is 0.338 e. The summed E-state index contributed by atoms with van der Waals surface area (Å²) >= 11 is 0. The van der Waals surface area contributed by atoms with Gasteiger partial charge in [0, 0.05) is 6.92 Å². The van der Waals surface area contributed by atoms with Crippen LogP contribution in [0.5, 0.6) is 5.75 Å². The molecule has 0 saturated carbocycles. The van der Waals surface area contributed by atoms with E-state index in [-0.39, 0.29) is 52.2 Å². The van der Waals surface area contributed by atoms with Crippen molar-refractivity contribution in [2.75, 3.05) is 33.5 Å². The summed E-state index contributed by atoms with van der Waals surface area (Å²) in [4.78, 5) is 118. The number of amides is 2. The molecule has 0 spiro atoms. The summed E-state index contributed by atoms with van der Waals surface area (Å²) in [5.74, 6) is -4.88. The van der Waals surface area contributed by atoms with Gasteiger partial charge in [-0.2, -0.15) is 0 Å². The number of carbonyl (C=O) groups is 8. The van der Waals surface area contributed by atoms with E-state index in [0.717, 1.165) is 17.4 Å². The van der Waals surface area contributed by atoms with Gasteiger partial charge in [-0.3, -0.25) is 19.3 Å². The van der Waals surface area contributed by atoms with E-state index in [2.05, 4.69) is 5.92 Å². The van der Waals surface area contributed by atoms with E-state index in [1.54, 1.807) is 127 Å². The molecule has 4 aliphatic heterocycles. The van der Waals surface area contributed by atoms with Gasteiger partial charge in [0.05, 0.1) is 65.9 Å². The van der Waals surface area contributed by atoms with E-state index < -0.39 is 166 Å². The molecule has 0 bridgehead atoms. The summed E-state index contributed by atoms with van der Waals surface area (Å²) in [6, 6.07) is 58.4. The number of rotatable bonds is 28. The predicted octanol–water partition coefficient (Wildman–Crippen LogP) is 8.74. The van der Waals surface area contributed by atoms with Crippen LogP contribution in [0.25, 0.3) is 0 Å². The molecule has 0 radical (unpaired) electrons. The molecule has 106 heavy (non-hydrogen) atoms. The Bertz CT molecular complexity index is 4330. The number of nitrogens with zero attached hydrogens (tertiary/aromatic N) is 1. The average Bonchev–Trinajstić information content (AvgIpc) is 1.47. The van der Waals surface area contributed by atoms with Gasteiger partial charge >= 0.3 is 35.8 Å². The molecule has 8 aromatic rings. The number of hydrogen-bond donors (Lipinski definition) is 1. The first-order chi connectivity index (χ1) is 51.6.